The number of anilines is 4. The zero-order valence-electron chi connectivity index (χ0n) is 28.1. The van der Waals surface area contributed by atoms with Gasteiger partial charge in [-0.25, -0.2) is 0 Å². The van der Waals surface area contributed by atoms with Crippen LogP contribution in [0.2, 0.25) is 0 Å². The summed E-state index contributed by atoms with van der Waals surface area (Å²) < 4.78 is 5.36. The van der Waals surface area contributed by atoms with Crippen LogP contribution in [0.5, 0.6) is 28.7 Å². The van der Waals surface area contributed by atoms with Crippen LogP contribution in [0.15, 0.2) is 91.0 Å². The minimum atomic E-state index is -0.199. The lowest BCUT2D eigenvalue weighted by Crippen LogP contribution is -2.07. The lowest BCUT2D eigenvalue weighted by Gasteiger charge is -2.15. The fourth-order valence-corrected chi connectivity index (χ4v) is 4.83. The number of hydrogen-bond donors (Lipinski definition) is 5. The Morgan fingerprint density at radius 1 is 0.431 bits per heavy atom. The monoisotopic (exact) mass is 700 g/mol. The third-order valence-corrected chi connectivity index (χ3v) is 7.40. The van der Waals surface area contributed by atoms with Gasteiger partial charge in [-0.3, -0.25) is 0 Å². The van der Waals surface area contributed by atoms with Crippen molar-refractivity contribution in [2.45, 2.75) is 40.0 Å². The molecule has 0 radical (unpaired) electrons. The third kappa shape index (κ3) is 10.3. The van der Waals surface area contributed by atoms with Crippen molar-refractivity contribution < 1.29 is 48.9 Å². The van der Waals surface area contributed by atoms with Crippen molar-refractivity contribution in [3.05, 3.63) is 124 Å². The number of benzene rings is 5. The van der Waals surface area contributed by atoms with Crippen LogP contribution in [0, 0.1) is 6.92 Å². The van der Waals surface area contributed by atoms with Crippen LogP contribution < -0.4 is 47.2 Å². The summed E-state index contributed by atoms with van der Waals surface area (Å²) in [7, 11) is 1.56. The Morgan fingerprint density at radius 3 is 1.10 bits per heavy atom. The van der Waals surface area contributed by atoms with E-state index < -0.39 is 0 Å². The van der Waals surface area contributed by atoms with Crippen LogP contribution in [0.1, 0.15) is 33.4 Å². The molecule has 0 spiro atoms. The van der Waals surface area contributed by atoms with E-state index in [1.54, 1.807) is 86.0 Å². The average molecular weight is 701 g/mol. The Labute approximate surface area is 294 Å². The first-order valence-electron chi connectivity index (χ1n) is 15.7. The van der Waals surface area contributed by atoms with E-state index in [4.69, 9.17) is 66.8 Å². The summed E-state index contributed by atoms with van der Waals surface area (Å²) in [5, 5.41) is 9.64. The maximum Gasteiger partial charge on any atom is 0.171 e. The lowest BCUT2D eigenvalue weighted by molar-refractivity contribution is -0.235. The van der Waals surface area contributed by atoms with E-state index in [1.807, 2.05) is 19.1 Å². The molecule has 0 unspecified atom stereocenters. The fourth-order valence-electron chi connectivity index (χ4n) is 4.83. The van der Waals surface area contributed by atoms with E-state index >= 15 is 0 Å². The van der Waals surface area contributed by atoms with E-state index in [2.05, 4.69) is 0 Å². The molecule has 5 rings (SSSR count). The van der Waals surface area contributed by atoms with Gasteiger partial charge in [0.15, 0.2) is 23.0 Å². The van der Waals surface area contributed by atoms with Gasteiger partial charge in [0.2, 0.25) is 0 Å². The van der Waals surface area contributed by atoms with Crippen LogP contribution >= 0.6 is 0 Å². The summed E-state index contributed by atoms with van der Waals surface area (Å²) >= 11 is 0. The third-order valence-electron chi connectivity index (χ3n) is 7.40. The van der Waals surface area contributed by atoms with Gasteiger partial charge in [0.25, 0.3) is 0 Å². The SMILES string of the molecule is COc1ccc(N)cc1COOc1ccc(N)cc1COOc1ccc(N)cc1COOc1ccc(N)cc1COOc1ccc(C)cc1CO. The molecule has 51 heavy (non-hydrogen) atoms. The average Bonchev–Trinajstić information content (AvgIpc) is 3.11. The fraction of sp³-hybridized carbons (Fsp3) is 0.189. The van der Waals surface area contributed by atoms with E-state index in [0.717, 1.165) is 5.56 Å². The highest BCUT2D eigenvalue weighted by Crippen LogP contribution is 2.29. The molecule has 9 N–H and O–H groups in total. The minimum Gasteiger partial charge on any atom is -0.496 e. The second kappa shape index (κ2) is 17.7. The Kier molecular flexibility index (Phi) is 12.6. The number of ether oxygens (including phenoxy) is 1. The van der Waals surface area contributed by atoms with Crippen LogP contribution in [-0.2, 0) is 52.6 Å². The number of aliphatic hydroxyl groups excluding tert-OH is 1. The second-order valence-corrected chi connectivity index (χ2v) is 11.3. The van der Waals surface area contributed by atoms with Crippen molar-refractivity contribution >= 4 is 22.7 Å². The number of rotatable bonds is 18. The second-order valence-electron chi connectivity index (χ2n) is 11.3. The van der Waals surface area contributed by atoms with Gasteiger partial charge in [-0.15, -0.1) is 0 Å². The van der Waals surface area contributed by atoms with E-state index in [1.165, 1.54) is 0 Å². The van der Waals surface area contributed by atoms with Gasteiger partial charge >= 0.3 is 0 Å². The van der Waals surface area contributed by atoms with E-state index in [9.17, 15) is 5.11 Å². The van der Waals surface area contributed by atoms with Crippen LogP contribution in [0.25, 0.3) is 0 Å². The van der Waals surface area contributed by atoms with Crippen molar-refractivity contribution in [1.82, 2.24) is 0 Å². The minimum absolute atomic E-state index is 0.0290. The summed E-state index contributed by atoms with van der Waals surface area (Å²) in [5.74, 6) is 2.04. The van der Waals surface area contributed by atoms with Crippen molar-refractivity contribution in [1.29, 1.82) is 0 Å². The summed E-state index contributed by atoms with van der Waals surface area (Å²) in [6, 6.07) is 25.5. The predicted molar refractivity (Wildman–Crippen MR) is 189 cm³/mol. The largest absolute Gasteiger partial charge is 0.496 e. The first-order valence-corrected chi connectivity index (χ1v) is 15.7. The number of nitrogens with two attached hydrogens (primary N) is 4. The summed E-state index contributed by atoms with van der Waals surface area (Å²) in [6.45, 7) is 1.64. The first kappa shape index (κ1) is 36.4. The number of hydrogen-bond acceptors (Lipinski definition) is 14. The van der Waals surface area contributed by atoms with Crippen LogP contribution in [0.4, 0.5) is 22.7 Å². The van der Waals surface area contributed by atoms with E-state index in [-0.39, 0.29) is 33.0 Å². The van der Waals surface area contributed by atoms with Gasteiger partial charge in [0, 0.05) is 50.6 Å². The zero-order valence-corrected chi connectivity index (χ0v) is 28.1. The molecule has 0 aliphatic heterocycles. The molecule has 0 bridgehead atoms. The van der Waals surface area contributed by atoms with Crippen molar-refractivity contribution in [3.8, 4) is 28.7 Å². The molecule has 0 aliphatic rings. The molecule has 0 atom stereocenters. The molecule has 0 saturated heterocycles. The first-order chi connectivity index (χ1) is 24.7. The van der Waals surface area contributed by atoms with Gasteiger partial charge in [0.1, 0.15) is 32.2 Å². The highest BCUT2D eigenvalue weighted by molar-refractivity contribution is 5.50. The van der Waals surface area contributed by atoms with Gasteiger partial charge < -0.3 is 52.3 Å². The number of nitrogen functional groups attached to an aromatic ring is 4. The Hall–Kier alpha value is -5.90. The van der Waals surface area contributed by atoms with Gasteiger partial charge in [0.05, 0.1) is 13.7 Å². The molecule has 14 nitrogen and oxygen atoms in total. The molecule has 14 heteroatoms. The molecule has 0 amide bonds. The summed E-state index contributed by atoms with van der Waals surface area (Å²) in [6.07, 6.45) is 0. The van der Waals surface area contributed by atoms with Crippen molar-refractivity contribution in [2.24, 2.45) is 0 Å². The standard InChI is InChI=1S/C37H40N4O10/c1-23-3-8-34(24(13-23)18-42)48-45-20-26-15-30(39)6-11-36(26)50-47-22-28-17-32(41)7-12-37(28)51-46-21-27-16-31(40)5-10-35(27)49-44-19-25-14-29(38)4-9-33(25)43-2/h3-17,42H,18-22,38-41H2,1-2H3. The Morgan fingerprint density at radius 2 is 0.745 bits per heavy atom. The van der Waals surface area contributed by atoms with Crippen molar-refractivity contribution in [3.63, 3.8) is 0 Å². The highest BCUT2D eigenvalue weighted by atomic mass is 17.2. The lowest BCUT2D eigenvalue weighted by atomic mass is 10.1. The van der Waals surface area contributed by atoms with E-state index in [0.29, 0.717) is 79.3 Å². The van der Waals surface area contributed by atoms with Gasteiger partial charge in [-0.1, -0.05) is 11.6 Å². The molecule has 0 aromatic heterocycles. The molecular weight excluding hydrogens is 660 g/mol. The molecule has 5 aromatic carbocycles. The predicted octanol–water partition coefficient (Wildman–Crippen LogP) is 5.87. The molecule has 0 heterocycles. The Balaban J connectivity index is 1.16. The zero-order chi connectivity index (χ0) is 36.2. The normalized spacial score (nSPS) is 10.9. The van der Waals surface area contributed by atoms with Crippen molar-refractivity contribution in [2.75, 3.05) is 30.0 Å². The number of aliphatic hydroxyl groups is 1. The van der Waals surface area contributed by atoms with Crippen LogP contribution in [0.3, 0.4) is 0 Å². The molecule has 0 fully saturated rings. The summed E-state index contributed by atoms with van der Waals surface area (Å²) in [5.41, 5.74) is 29.9. The Bertz CT molecular complexity index is 1920. The molecule has 0 aliphatic carbocycles. The highest BCUT2D eigenvalue weighted by Gasteiger charge is 2.14. The molecule has 268 valence electrons. The van der Waals surface area contributed by atoms with Gasteiger partial charge in [-0.05, 0) is 91.9 Å². The quantitative estimate of drug-likeness (QED) is 0.0412. The topological polar surface area (TPSA) is 207 Å². The smallest absolute Gasteiger partial charge is 0.171 e. The number of aryl methyl sites for hydroxylation is 1. The van der Waals surface area contributed by atoms with Gasteiger partial charge in [-0.2, -0.15) is 19.6 Å². The van der Waals surface area contributed by atoms with Crippen LogP contribution in [-0.4, -0.2) is 12.2 Å². The molecular formula is C37H40N4O10. The maximum absolute atomic E-state index is 9.64. The number of methoxy groups -OCH3 is 1. The molecule has 0 saturated carbocycles. The maximum atomic E-state index is 9.64. The summed E-state index contributed by atoms with van der Waals surface area (Å²) in [4.78, 5) is 44.4. The molecule has 5 aromatic rings.